The molecule has 0 saturated carbocycles. The minimum atomic E-state index is 0.104. The van der Waals surface area contributed by atoms with Crippen LogP contribution in [-0.4, -0.2) is 9.13 Å². The van der Waals surface area contributed by atoms with Gasteiger partial charge in [-0.2, -0.15) is 0 Å². The van der Waals surface area contributed by atoms with Crippen LogP contribution < -0.4 is 0 Å². The normalized spacial score (nSPS) is 15.5. The van der Waals surface area contributed by atoms with Crippen LogP contribution in [0.15, 0.2) is 146 Å². The third-order valence-electron chi connectivity index (χ3n) is 12.5. The molecule has 8 aromatic carbocycles. The Kier molecular flexibility index (Phi) is 5.94. The van der Waals surface area contributed by atoms with E-state index in [4.69, 9.17) is 0 Å². The maximum atomic E-state index is 2.57. The molecule has 2 heteroatoms. The van der Waals surface area contributed by atoms with E-state index in [2.05, 4.69) is 182 Å². The molecule has 2 nitrogen and oxygen atoms in total. The van der Waals surface area contributed by atoms with Crippen molar-refractivity contribution >= 4 is 75.9 Å². The summed E-state index contributed by atoms with van der Waals surface area (Å²) in [4.78, 5) is 0. The smallest absolute Gasteiger partial charge is 0.0549 e. The fraction of sp³-hybridized carbons (Fsp3) is 0.160. The number of nitrogens with zero attached hydrogens (tertiary/aromatic N) is 2. The van der Waals surface area contributed by atoms with Gasteiger partial charge in [-0.05, 0) is 122 Å². The lowest BCUT2D eigenvalue weighted by atomic mass is 9.63. The highest BCUT2D eigenvalue weighted by Crippen LogP contribution is 2.49. The van der Waals surface area contributed by atoms with Gasteiger partial charge in [0.25, 0.3) is 0 Å². The summed E-state index contributed by atoms with van der Waals surface area (Å²) in [7, 11) is 0. The summed E-state index contributed by atoms with van der Waals surface area (Å²) in [5.74, 6) is 0. The molecule has 0 radical (unpaired) electrons. The molecule has 0 amide bonds. The predicted molar refractivity (Wildman–Crippen MR) is 223 cm³/mol. The third-order valence-corrected chi connectivity index (χ3v) is 12.5. The lowest BCUT2D eigenvalue weighted by molar-refractivity contribution is 0.332. The quantitative estimate of drug-likeness (QED) is 0.162. The molecule has 52 heavy (non-hydrogen) atoms. The second-order valence-corrected chi connectivity index (χ2v) is 16.4. The minimum Gasteiger partial charge on any atom is -0.309 e. The lowest BCUT2D eigenvalue weighted by Crippen LogP contribution is -2.33. The Balaban J connectivity index is 1.33. The van der Waals surface area contributed by atoms with Crippen LogP contribution in [0.2, 0.25) is 0 Å². The van der Waals surface area contributed by atoms with Gasteiger partial charge in [-0.1, -0.05) is 119 Å². The van der Waals surface area contributed by atoms with Gasteiger partial charge in [-0.15, -0.1) is 0 Å². The van der Waals surface area contributed by atoms with Crippen molar-refractivity contribution in [2.24, 2.45) is 0 Å². The largest absolute Gasteiger partial charge is 0.309 e. The molecule has 0 atom stereocenters. The maximum absolute atomic E-state index is 2.57. The molecule has 1 aliphatic rings. The van der Waals surface area contributed by atoms with Gasteiger partial charge in [0.15, 0.2) is 0 Å². The Hall–Kier alpha value is -5.86. The third kappa shape index (κ3) is 4.07. The molecule has 250 valence electrons. The van der Waals surface area contributed by atoms with Gasteiger partial charge in [-0.25, -0.2) is 0 Å². The monoisotopic (exact) mass is 668 g/mol. The first-order chi connectivity index (χ1) is 25.3. The van der Waals surface area contributed by atoms with Crippen molar-refractivity contribution in [3.05, 3.63) is 157 Å². The Morgan fingerprint density at radius 3 is 1.69 bits per heavy atom. The molecule has 0 aliphatic heterocycles. The fourth-order valence-corrected chi connectivity index (χ4v) is 9.63. The van der Waals surface area contributed by atoms with Crippen molar-refractivity contribution in [3.63, 3.8) is 0 Å². The molecule has 11 rings (SSSR count). The zero-order valence-corrected chi connectivity index (χ0v) is 30.2. The highest BCUT2D eigenvalue weighted by atomic mass is 15.0. The summed E-state index contributed by atoms with van der Waals surface area (Å²) in [6, 6.07) is 54.8. The molecule has 2 aromatic heterocycles. The average Bonchev–Trinajstić information content (AvgIpc) is 3.67. The number of aromatic nitrogens is 2. The van der Waals surface area contributed by atoms with Gasteiger partial charge in [0.2, 0.25) is 0 Å². The molecule has 0 fully saturated rings. The van der Waals surface area contributed by atoms with Gasteiger partial charge in [0.05, 0.1) is 22.1 Å². The Morgan fingerprint density at radius 1 is 0.365 bits per heavy atom. The number of fused-ring (bicyclic) bond motifs is 12. The molecule has 0 bridgehead atoms. The van der Waals surface area contributed by atoms with Crippen LogP contribution in [0.3, 0.4) is 0 Å². The van der Waals surface area contributed by atoms with E-state index in [-0.39, 0.29) is 10.8 Å². The summed E-state index contributed by atoms with van der Waals surface area (Å²) in [6.07, 6.45) is 2.38. The van der Waals surface area contributed by atoms with Crippen LogP contribution >= 0.6 is 0 Å². The molecule has 2 heterocycles. The van der Waals surface area contributed by atoms with Crippen LogP contribution in [0.4, 0.5) is 0 Å². The highest BCUT2D eigenvalue weighted by molar-refractivity contribution is 6.25. The number of hydrogen-bond donors (Lipinski definition) is 0. The van der Waals surface area contributed by atoms with Crippen molar-refractivity contribution in [2.75, 3.05) is 0 Å². The molecule has 0 spiro atoms. The maximum Gasteiger partial charge on any atom is 0.0549 e. The summed E-state index contributed by atoms with van der Waals surface area (Å²) in [5, 5.41) is 12.9. The Morgan fingerprint density at radius 2 is 0.904 bits per heavy atom. The summed E-state index contributed by atoms with van der Waals surface area (Å²) in [6.45, 7) is 9.76. The van der Waals surface area contributed by atoms with Crippen molar-refractivity contribution in [1.29, 1.82) is 0 Å². The SMILES string of the molecule is CC1(C)CCC(C)(C)c2cc3c(cc21)c1cc2c(cc1n3-c1ccc3c(ccc4ccccc43)c1)c1c3ccccc3ccc1n2-c1ccccc1. The summed E-state index contributed by atoms with van der Waals surface area (Å²) >= 11 is 0. The van der Waals surface area contributed by atoms with E-state index in [9.17, 15) is 0 Å². The molecular weight excluding hydrogens is 629 g/mol. The zero-order chi connectivity index (χ0) is 34.9. The number of hydrogen-bond acceptors (Lipinski definition) is 0. The summed E-state index contributed by atoms with van der Waals surface area (Å²) < 4.78 is 5.04. The van der Waals surface area contributed by atoms with Gasteiger partial charge >= 0.3 is 0 Å². The number of benzene rings is 8. The van der Waals surface area contributed by atoms with Crippen molar-refractivity contribution in [2.45, 2.75) is 51.4 Å². The number of para-hydroxylation sites is 1. The standard InChI is InChI=1S/C50H40N2/c1-49(2)24-25-50(3,4)43-30-47-39(27-42(43)49)40-28-46-41(48-38-17-11-9-13-32(38)20-23-44(48)51(46)34-14-6-5-7-15-34)29-45(40)52(47)35-21-22-37-33(26-35)19-18-31-12-8-10-16-36(31)37/h5-23,26-30H,24-25H2,1-4H3. The van der Waals surface area contributed by atoms with Crippen LogP contribution in [0, 0.1) is 0 Å². The fourth-order valence-electron chi connectivity index (χ4n) is 9.63. The van der Waals surface area contributed by atoms with E-state index in [1.165, 1.54) is 111 Å². The van der Waals surface area contributed by atoms with Crippen LogP contribution in [0.5, 0.6) is 0 Å². The Bertz CT molecular complexity index is 3110. The highest BCUT2D eigenvalue weighted by Gasteiger charge is 2.38. The molecule has 1 aliphatic carbocycles. The van der Waals surface area contributed by atoms with Gasteiger partial charge in [0.1, 0.15) is 0 Å². The molecule has 0 unspecified atom stereocenters. The second kappa shape index (κ2) is 10.4. The average molecular weight is 669 g/mol. The van der Waals surface area contributed by atoms with Crippen molar-refractivity contribution in [1.82, 2.24) is 9.13 Å². The van der Waals surface area contributed by atoms with E-state index in [0.717, 1.165) is 0 Å². The van der Waals surface area contributed by atoms with E-state index < -0.39 is 0 Å². The van der Waals surface area contributed by atoms with E-state index >= 15 is 0 Å². The first kappa shape index (κ1) is 29.8. The van der Waals surface area contributed by atoms with Gasteiger partial charge < -0.3 is 9.13 Å². The first-order valence-electron chi connectivity index (χ1n) is 18.7. The lowest BCUT2D eigenvalue weighted by Gasteiger charge is -2.42. The van der Waals surface area contributed by atoms with Gasteiger partial charge in [0, 0.05) is 32.9 Å². The number of rotatable bonds is 2. The van der Waals surface area contributed by atoms with Crippen molar-refractivity contribution in [3.8, 4) is 11.4 Å². The molecule has 10 aromatic rings. The Labute approximate surface area is 303 Å². The van der Waals surface area contributed by atoms with Gasteiger partial charge in [-0.3, -0.25) is 0 Å². The van der Waals surface area contributed by atoms with Crippen LogP contribution in [-0.2, 0) is 10.8 Å². The van der Waals surface area contributed by atoms with Crippen molar-refractivity contribution < 1.29 is 0 Å². The molecule has 0 saturated heterocycles. The van der Waals surface area contributed by atoms with Crippen LogP contribution in [0.25, 0.3) is 87.3 Å². The topological polar surface area (TPSA) is 9.86 Å². The minimum absolute atomic E-state index is 0.104. The van der Waals surface area contributed by atoms with Crippen LogP contribution in [0.1, 0.15) is 51.7 Å². The summed E-state index contributed by atoms with van der Waals surface area (Å²) in [5.41, 5.74) is 10.6. The zero-order valence-electron chi connectivity index (χ0n) is 30.2. The molecular formula is C50H40N2. The first-order valence-corrected chi connectivity index (χ1v) is 18.7. The van der Waals surface area contributed by atoms with E-state index in [1.807, 2.05) is 0 Å². The van der Waals surface area contributed by atoms with E-state index in [1.54, 1.807) is 0 Å². The van der Waals surface area contributed by atoms with E-state index in [0.29, 0.717) is 0 Å². The second-order valence-electron chi connectivity index (χ2n) is 16.4. The molecule has 0 N–H and O–H groups in total. The predicted octanol–water partition coefficient (Wildman–Crippen LogP) is 13.7.